The number of anilines is 3. The Labute approximate surface area is 169 Å². The van der Waals surface area contributed by atoms with Crippen LogP contribution in [0.4, 0.5) is 21.7 Å². The summed E-state index contributed by atoms with van der Waals surface area (Å²) in [6.45, 7) is 5.28. The van der Waals surface area contributed by atoms with Crippen LogP contribution >= 0.6 is 0 Å². The molecule has 3 aliphatic rings. The summed E-state index contributed by atoms with van der Waals surface area (Å²) in [5.74, 6) is -0.494. The normalized spacial score (nSPS) is 18.9. The maximum absolute atomic E-state index is 13.9. The molecule has 2 N–H and O–H groups in total. The van der Waals surface area contributed by atoms with E-state index in [9.17, 15) is 9.18 Å². The van der Waals surface area contributed by atoms with Crippen LogP contribution in [0.5, 0.6) is 0 Å². The topological polar surface area (TPSA) is 86.3 Å². The Balaban J connectivity index is 1.60. The summed E-state index contributed by atoms with van der Waals surface area (Å²) in [6.07, 6.45) is 7.48. The van der Waals surface area contributed by atoms with Crippen molar-refractivity contribution in [2.45, 2.75) is 25.7 Å². The zero-order valence-electron chi connectivity index (χ0n) is 16.4. The standard InChI is InChI=1S/C20H26FN7O/c21-18-13-17-16(14-24-18)25-19(29)15-5-7-23-20(26-15)22-6-3-1-2-4-8-27-9-11-28(17)12-10-27/h5,7,13-14H,1-4,6,8-12H2,(H,25,29)(H,22,23,26). The van der Waals surface area contributed by atoms with Gasteiger partial charge in [-0.2, -0.15) is 4.39 Å². The number of hydrogen-bond donors (Lipinski definition) is 2. The molecule has 4 bridgehead atoms. The molecule has 0 spiro atoms. The van der Waals surface area contributed by atoms with Gasteiger partial charge in [-0.3, -0.25) is 9.69 Å². The predicted molar refractivity (Wildman–Crippen MR) is 110 cm³/mol. The van der Waals surface area contributed by atoms with Gasteiger partial charge in [-0.05, 0) is 25.5 Å². The molecule has 0 unspecified atom stereocenters. The number of carbonyl (C=O) groups is 1. The highest BCUT2D eigenvalue weighted by atomic mass is 19.1. The van der Waals surface area contributed by atoms with E-state index in [0.29, 0.717) is 17.3 Å². The molecule has 0 aromatic carbocycles. The number of amides is 1. The molecule has 2 aromatic rings. The summed E-state index contributed by atoms with van der Waals surface area (Å²) < 4.78 is 13.9. The first-order valence-electron chi connectivity index (χ1n) is 10.2. The van der Waals surface area contributed by atoms with Crippen molar-refractivity contribution in [3.8, 4) is 0 Å². The summed E-state index contributed by atoms with van der Waals surface area (Å²) in [5, 5.41) is 6.02. The molecule has 0 radical (unpaired) electrons. The van der Waals surface area contributed by atoms with Crippen molar-refractivity contribution >= 4 is 23.2 Å². The third-order valence-electron chi connectivity index (χ3n) is 5.38. The average molecular weight is 399 g/mol. The van der Waals surface area contributed by atoms with E-state index in [-0.39, 0.29) is 11.6 Å². The largest absolute Gasteiger partial charge is 0.367 e. The summed E-state index contributed by atoms with van der Waals surface area (Å²) in [4.78, 5) is 29.5. The lowest BCUT2D eigenvalue weighted by Gasteiger charge is -2.36. The minimum atomic E-state index is -0.559. The fourth-order valence-electron chi connectivity index (χ4n) is 3.76. The third-order valence-corrected chi connectivity index (χ3v) is 5.38. The summed E-state index contributed by atoms with van der Waals surface area (Å²) in [6, 6.07) is 2.95. The number of pyridine rings is 1. The Hall–Kier alpha value is -2.81. The maximum atomic E-state index is 13.9. The number of aromatic nitrogens is 3. The van der Waals surface area contributed by atoms with Gasteiger partial charge in [0, 0.05) is 45.0 Å². The molecule has 8 nitrogen and oxygen atoms in total. The highest BCUT2D eigenvalue weighted by molar-refractivity contribution is 6.04. The van der Waals surface area contributed by atoms with Gasteiger partial charge in [0.05, 0.1) is 17.6 Å². The van der Waals surface area contributed by atoms with Crippen molar-refractivity contribution in [1.29, 1.82) is 0 Å². The van der Waals surface area contributed by atoms with Gasteiger partial charge in [-0.1, -0.05) is 12.8 Å². The number of piperazine rings is 1. The molecule has 154 valence electrons. The van der Waals surface area contributed by atoms with Crippen LogP contribution in [-0.4, -0.2) is 65.0 Å². The van der Waals surface area contributed by atoms with Crippen molar-refractivity contribution in [1.82, 2.24) is 19.9 Å². The van der Waals surface area contributed by atoms with Crippen LogP contribution in [0.15, 0.2) is 24.5 Å². The molecule has 9 heteroatoms. The number of rotatable bonds is 0. The molecule has 3 aliphatic heterocycles. The van der Waals surface area contributed by atoms with E-state index in [4.69, 9.17) is 0 Å². The van der Waals surface area contributed by atoms with Crippen LogP contribution in [0.1, 0.15) is 36.2 Å². The Morgan fingerprint density at radius 3 is 2.69 bits per heavy atom. The van der Waals surface area contributed by atoms with Gasteiger partial charge < -0.3 is 15.5 Å². The highest BCUT2D eigenvalue weighted by Crippen LogP contribution is 2.27. The second-order valence-electron chi connectivity index (χ2n) is 7.41. The van der Waals surface area contributed by atoms with E-state index < -0.39 is 5.95 Å². The monoisotopic (exact) mass is 399 g/mol. The van der Waals surface area contributed by atoms with Gasteiger partial charge in [0.2, 0.25) is 11.9 Å². The fourth-order valence-corrected chi connectivity index (χ4v) is 3.76. The molecule has 2 aromatic heterocycles. The van der Waals surface area contributed by atoms with E-state index in [2.05, 4.69) is 35.4 Å². The summed E-state index contributed by atoms with van der Waals surface area (Å²) >= 11 is 0. The number of fused-ring (bicyclic) bond motifs is 9. The fraction of sp³-hybridized carbons (Fsp3) is 0.500. The molecular weight excluding hydrogens is 373 g/mol. The van der Waals surface area contributed by atoms with E-state index in [1.807, 2.05) is 0 Å². The second kappa shape index (κ2) is 9.13. The quantitative estimate of drug-likeness (QED) is 0.658. The molecule has 5 heterocycles. The number of nitrogens with one attached hydrogen (secondary N) is 2. The molecule has 29 heavy (non-hydrogen) atoms. The lowest BCUT2D eigenvalue weighted by Crippen LogP contribution is -2.47. The molecule has 1 fully saturated rings. The van der Waals surface area contributed by atoms with Gasteiger partial charge in [-0.25, -0.2) is 15.0 Å². The summed E-state index contributed by atoms with van der Waals surface area (Å²) in [7, 11) is 0. The Morgan fingerprint density at radius 1 is 1.00 bits per heavy atom. The second-order valence-corrected chi connectivity index (χ2v) is 7.41. The maximum Gasteiger partial charge on any atom is 0.274 e. The van der Waals surface area contributed by atoms with E-state index in [0.717, 1.165) is 52.1 Å². The molecule has 5 rings (SSSR count). The van der Waals surface area contributed by atoms with Crippen LogP contribution in [0, 0.1) is 5.95 Å². The van der Waals surface area contributed by atoms with Crippen molar-refractivity contribution in [2.75, 3.05) is 54.8 Å². The highest BCUT2D eigenvalue weighted by Gasteiger charge is 2.21. The van der Waals surface area contributed by atoms with Crippen molar-refractivity contribution < 1.29 is 9.18 Å². The first-order valence-corrected chi connectivity index (χ1v) is 10.2. The minimum Gasteiger partial charge on any atom is -0.367 e. The van der Waals surface area contributed by atoms with Crippen LogP contribution in [0.2, 0.25) is 0 Å². The molecular formula is C20H26FN7O. The Bertz CT molecular complexity index is 854. The molecule has 0 atom stereocenters. The Morgan fingerprint density at radius 2 is 1.83 bits per heavy atom. The number of hydrogen-bond acceptors (Lipinski definition) is 7. The average Bonchev–Trinajstić information content (AvgIpc) is 2.74. The number of halogens is 1. The first-order chi connectivity index (χ1) is 14.2. The SMILES string of the molecule is O=C1Nc2cnc(F)cc2N2CCN(CCCCCCNc3nccc1n3)CC2. The van der Waals surface area contributed by atoms with Gasteiger partial charge in [0.15, 0.2) is 0 Å². The minimum absolute atomic E-state index is 0.253. The van der Waals surface area contributed by atoms with Gasteiger partial charge in [-0.15, -0.1) is 0 Å². The van der Waals surface area contributed by atoms with E-state index >= 15 is 0 Å². The molecule has 0 aliphatic carbocycles. The van der Waals surface area contributed by atoms with Crippen molar-refractivity contribution in [3.05, 3.63) is 36.2 Å². The third kappa shape index (κ3) is 4.97. The van der Waals surface area contributed by atoms with Crippen LogP contribution in [0.25, 0.3) is 0 Å². The first kappa shape index (κ1) is 19.5. The van der Waals surface area contributed by atoms with Crippen LogP contribution < -0.4 is 15.5 Å². The zero-order chi connectivity index (χ0) is 20.1. The van der Waals surface area contributed by atoms with E-state index in [1.165, 1.54) is 25.1 Å². The molecule has 1 amide bonds. The van der Waals surface area contributed by atoms with Crippen LogP contribution in [-0.2, 0) is 0 Å². The lowest BCUT2D eigenvalue weighted by atomic mass is 10.1. The van der Waals surface area contributed by atoms with Gasteiger partial charge in [0.1, 0.15) is 5.69 Å². The predicted octanol–water partition coefficient (Wildman–Crippen LogP) is 2.37. The smallest absolute Gasteiger partial charge is 0.274 e. The number of nitrogens with zero attached hydrogens (tertiary/aromatic N) is 5. The van der Waals surface area contributed by atoms with E-state index in [1.54, 1.807) is 12.3 Å². The summed E-state index contributed by atoms with van der Waals surface area (Å²) in [5.41, 5.74) is 1.39. The van der Waals surface area contributed by atoms with Crippen LogP contribution in [0.3, 0.4) is 0 Å². The Kier molecular flexibility index (Phi) is 6.14. The lowest BCUT2D eigenvalue weighted by molar-refractivity contribution is 0.102. The zero-order valence-corrected chi connectivity index (χ0v) is 16.4. The molecule has 0 saturated carbocycles. The number of carbonyl (C=O) groups excluding carboxylic acids is 1. The molecule has 1 saturated heterocycles. The van der Waals surface area contributed by atoms with Gasteiger partial charge in [0.25, 0.3) is 5.91 Å². The van der Waals surface area contributed by atoms with Crippen molar-refractivity contribution in [2.24, 2.45) is 0 Å². The van der Waals surface area contributed by atoms with Gasteiger partial charge >= 0.3 is 0 Å². The van der Waals surface area contributed by atoms with Crippen molar-refractivity contribution in [3.63, 3.8) is 0 Å².